The Kier molecular flexibility index (Phi) is 4.43. The van der Waals surface area contributed by atoms with E-state index in [0.717, 1.165) is 20.8 Å². The SMILES string of the molecule is CNc1nnc(CSc2ccc(S(C)(=O)=O)cc2)s1. The van der Waals surface area contributed by atoms with Crippen LogP contribution < -0.4 is 5.32 Å². The molecule has 0 bridgehead atoms. The number of hydrogen-bond acceptors (Lipinski definition) is 7. The predicted molar refractivity (Wildman–Crippen MR) is 78.6 cm³/mol. The van der Waals surface area contributed by atoms with E-state index in [1.54, 1.807) is 43.1 Å². The number of nitrogens with one attached hydrogen (secondary N) is 1. The number of nitrogens with zero attached hydrogens (tertiary/aromatic N) is 2. The molecule has 1 aromatic carbocycles. The van der Waals surface area contributed by atoms with Gasteiger partial charge in [0.15, 0.2) is 9.84 Å². The standard InChI is InChI=1S/C11H13N3O2S3/c1-12-11-14-13-10(18-11)7-17-8-3-5-9(6-4-8)19(2,15)16/h3-6H,7H2,1-2H3,(H,12,14). The lowest BCUT2D eigenvalue weighted by Gasteiger charge is -2.01. The van der Waals surface area contributed by atoms with Crippen LogP contribution in [0.5, 0.6) is 0 Å². The van der Waals surface area contributed by atoms with Gasteiger partial charge in [0.25, 0.3) is 0 Å². The van der Waals surface area contributed by atoms with Crippen LogP contribution in [0.25, 0.3) is 0 Å². The third kappa shape index (κ3) is 3.92. The Hall–Kier alpha value is -1.12. The molecule has 0 amide bonds. The van der Waals surface area contributed by atoms with E-state index in [1.165, 1.54) is 17.6 Å². The molecule has 0 saturated carbocycles. The third-order valence-corrected chi connectivity index (χ3v) is 5.57. The topological polar surface area (TPSA) is 72.0 Å². The first kappa shape index (κ1) is 14.3. The van der Waals surface area contributed by atoms with Gasteiger partial charge in [-0.2, -0.15) is 0 Å². The summed E-state index contributed by atoms with van der Waals surface area (Å²) >= 11 is 3.11. The molecule has 0 atom stereocenters. The van der Waals surface area contributed by atoms with Crippen molar-refractivity contribution in [2.75, 3.05) is 18.6 Å². The van der Waals surface area contributed by atoms with Crippen LogP contribution in [-0.2, 0) is 15.6 Å². The maximum atomic E-state index is 11.3. The Bertz CT molecular complexity index is 650. The first-order valence-corrected chi connectivity index (χ1v) is 9.11. The van der Waals surface area contributed by atoms with Gasteiger partial charge in [-0.15, -0.1) is 22.0 Å². The first-order valence-electron chi connectivity index (χ1n) is 5.42. The fourth-order valence-corrected chi connectivity index (χ4v) is 3.55. The van der Waals surface area contributed by atoms with Crippen LogP contribution in [0.2, 0.25) is 0 Å². The third-order valence-electron chi connectivity index (χ3n) is 2.29. The molecule has 5 nitrogen and oxygen atoms in total. The average molecular weight is 315 g/mol. The predicted octanol–water partition coefficient (Wildman–Crippen LogP) is 2.28. The van der Waals surface area contributed by atoms with E-state index in [-0.39, 0.29) is 0 Å². The summed E-state index contributed by atoms with van der Waals surface area (Å²) in [5.74, 6) is 0.720. The summed E-state index contributed by atoms with van der Waals surface area (Å²) in [6, 6.07) is 6.86. The molecule has 19 heavy (non-hydrogen) atoms. The van der Waals surface area contributed by atoms with E-state index >= 15 is 0 Å². The van der Waals surface area contributed by atoms with Crippen LogP contribution >= 0.6 is 23.1 Å². The fraction of sp³-hybridized carbons (Fsp3) is 0.273. The summed E-state index contributed by atoms with van der Waals surface area (Å²) in [6.45, 7) is 0. The van der Waals surface area contributed by atoms with Gasteiger partial charge in [-0.3, -0.25) is 0 Å². The van der Waals surface area contributed by atoms with Crippen molar-refractivity contribution in [3.05, 3.63) is 29.3 Å². The van der Waals surface area contributed by atoms with Gasteiger partial charge in [-0.1, -0.05) is 11.3 Å². The van der Waals surface area contributed by atoms with E-state index in [1.807, 2.05) is 0 Å². The monoisotopic (exact) mass is 315 g/mol. The smallest absolute Gasteiger partial charge is 0.205 e. The lowest BCUT2D eigenvalue weighted by atomic mass is 10.4. The second-order valence-electron chi connectivity index (χ2n) is 3.78. The second-order valence-corrected chi connectivity index (χ2v) is 7.91. The van der Waals surface area contributed by atoms with Gasteiger partial charge >= 0.3 is 0 Å². The summed E-state index contributed by atoms with van der Waals surface area (Å²) in [7, 11) is -1.32. The van der Waals surface area contributed by atoms with E-state index < -0.39 is 9.84 Å². The van der Waals surface area contributed by atoms with E-state index in [0.29, 0.717) is 4.90 Å². The molecule has 1 heterocycles. The van der Waals surface area contributed by atoms with Crippen molar-refractivity contribution in [2.45, 2.75) is 15.5 Å². The first-order chi connectivity index (χ1) is 8.99. The Balaban J connectivity index is 2.00. The van der Waals surface area contributed by atoms with Crippen molar-refractivity contribution in [3.8, 4) is 0 Å². The molecule has 0 unspecified atom stereocenters. The quantitative estimate of drug-likeness (QED) is 0.854. The molecule has 102 valence electrons. The number of rotatable bonds is 5. The minimum Gasteiger partial charge on any atom is -0.363 e. The largest absolute Gasteiger partial charge is 0.363 e. The lowest BCUT2D eigenvalue weighted by Crippen LogP contribution is -1.95. The number of thioether (sulfide) groups is 1. The Morgan fingerprint density at radius 2 is 1.95 bits per heavy atom. The summed E-state index contributed by atoms with van der Waals surface area (Å²) in [6.07, 6.45) is 1.20. The van der Waals surface area contributed by atoms with Crippen LogP contribution in [0.1, 0.15) is 5.01 Å². The molecule has 1 N–H and O–H groups in total. The number of anilines is 1. The molecule has 0 aliphatic rings. The maximum Gasteiger partial charge on any atom is 0.205 e. The molecule has 2 rings (SSSR count). The Labute approximate surface area is 120 Å². The van der Waals surface area contributed by atoms with Gasteiger partial charge in [-0.25, -0.2) is 8.42 Å². The lowest BCUT2D eigenvalue weighted by molar-refractivity contribution is 0.602. The average Bonchev–Trinajstić information content (AvgIpc) is 2.84. The summed E-state index contributed by atoms with van der Waals surface area (Å²) < 4.78 is 22.7. The van der Waals surface area contributed by atoms with Gasteiger partial charge in [0.2, 0.25) is 5.13 Å². The van der Waals surface area contributed by atoms with Crippen LogP contribution in [0.4, 0.5) is 5.13 Å². The normalized spacial score (nSPS) is 11.5. The zero-order valence-electron chi connectivity index (χ0n) is 10.5. The fourth-order valence-electron chi connectivity index (χ4n) is 1.34. The molecule has 0 spiro atoms. The minimum atomic E-state index is -3.12. The maximum absolute atomic E-state index is 11.3. The van der Waals surface area contributed by atoms with E-state index in [2.05, 4.69) is 15.5 Å². The summed E-state index contributed by atoms with van der Waals surface area (Å²) in [5.41, 5.74) is 0. The van der Waals surface area contributed by atoms with Crippen LogP contribution in [0.3, 0.4) is 0 Å². The summed E-state index contributed by atoms with van der Waals surface area (Å²) in [4.78, 5) is 1.35. The Morgan fingerprint density at radius 1 is 1.26 bits per heavy atom. The number of hydrogen-bond donors (Lipinski definition) is 1. The zero-order valence-corrected chi connectivity index (χ0v) is 12.9. The van der Waals surface area contributed by atoms with E-state index in [9.17, 15) is 8.42 Å². The van der Waals surface area contributed by atoms with Gasteiger partial charge in [-0.05, 0) is 24.3 Å². The van der Waals surface area contributed by atoms with E-state index in [4.69, 9.17) is 0 Å². The van der Waals surface area contributed by atoms with Gasteiger partial charge < -0.3 is 5.32 Å². The zero-order chi connectivity index (χ0) is 13.9. The molecule has 0 aliphatic carbocycles. The van der Waals surface area contributed by atoms with Crippen molar-refractivity contribution < 1.29 is 8.42 Å². The van der Waals surface area contributed by atoms with Crippen molar-refractivity contribution in [1.29, 1.82) is 0 Å². The highest BCUT2D eigenvalue weighted by atomic mass is 32.2. The van der Waals surface area contributed by atoms with Gasteiger partial charge in [0.1, 0.15) is 5.01 Å². The minimum absolute atomic E-state index is 0.338. The molecule has 8 heteroatoms. The molecular formula is C11H13N3O2S3. The summed E-state index contributed by atoms with van der Waals surface area (Å²) in [5, 5.41) is 12.7. The molecule has 0 fully saturated rings. The molecule has 0 radical (unpaired) electrons. The molecule has 0 aliphatic heterocycles. The Morgan fingerprint density at radius 3 is 2.47 bits per heavy atom. The highest BCUT2D eigenvalue weighted by Gasteiger charge is 2.07. The second kappa shape index (κ2) is 5.89. The molecular weight excluding hydrogens is 302 g/mol. The highest BCUT2D eigenvalue weighted by Crippen LogP contribution is 2.26. The van der Waals surface area contributed by atoms with Crippen molar-refractivity contribution >= 4 is 38.1 Å². The van der Waals surface area contributed by atoms with Crippen molar-refractivity contribution in [1.82, 2.24) is 10.2 Å². The van der Waals surface area contributed by atoms with Crippen molar-refractivity contribution in [3.63, 3.8) is 0 Å². The molecule has 1 aromatic heterocycles. The van der Waals surface area contributed by atoms with Crippen LogP contribution in [0, 0.1) is 0 Å². The number of benzene rings is 1. The molecule has 0 saturated heterocycles. The van der Waals surface area contributed by atoms with Crippen LogP contribution in [0.15, 0.2) is 34.1 Å². The number of aromatic nitrogens is 2. The van der Waals surface area contributed by atoms with Gasteiger partial charge in [0, 0.05) is 18.2 Å². The number of sulfone groups is 1. The van der Waals surface area contributed by atoms with Crippen molar-refractivity contribution in [2.24, 2.45) is 0 Å². The highest BCUT2D eigenvalue weighted by molar-refractivity contribution is 7.98. The molecule has 2 aromatic rings. The van der Waals surface area contributed by atoms with Crippen LogP contribution in [-0.4, -0.2) is 31.9 Å². The van der Waals surface area contributed by atoms with Gasteiger partial charge in [0.05, 0.1) is 10.6 Å².